The molecule has 3 nitrogen and oxygen atoms in total. The monoisotopic (exact) mass is 242 g/mol. The first-order chi connectivity index (χ1) is 7.72. The Labute approximate surface area is 102 Å². The fraction of sp³-hybridized carbons (Fsp3) is 0.917. The highest BCUT2D eigenvalue weighted by atomic mass is 32.2. The highest BCUT2D eigenvalue weighted by molar-refractivity contribution is 7.99. The second-order valence-electron chi connectivity index (χ2n) is 5.06. The Balaban J connectivity index is 1.86. The predicted molar refractivity (Wildman–Crippen MR) is 68.6 cm³/mol. The van der Waals surface area contributed by atoms with Gasteiger partial charge in [-0.1, -0.05) is 13.3 Å². The maximum absolute atomic E-state index is 12.1. The molecule has 1 aliphatic carbocycles. The zero-order chi connectivity index (χ0) is 11.5. The third-order valence-electron chi connectivity index (χ3n) is 3.94. The zero-order valence-electron chi connectivity index (χ0n) is 10.2. The normalized spacial score (nSPS) is 38.9. The van der Waals surface area contributed by atoms with Crippen molar-refractivity contribution in [2.24, 2.45) is 11.8 Å². The second-order valence-corrected chi connectivity index (χ2v) is 6.14. The van der Waals surface area contributed by atoms with Gasteiger partial charge in [-0.15, -0.1) is 0 Å². The first-order valence-corrected chi connectivity index (χ1v) is 7.55. The van der Waals surface area contributed by atoms with Crippen molar-refractivity contribution < 1.29 is 4.79 Å². The van der Waals surface area contributed by atoms with Gasteiger partial charge in [0.05, 0.1) is 5.92 Å². The lowest BCUT2D eigenvalue weighted by Gasteiger charge is -2.22. The molecule has 92 valence electrons. The van der Waals surface area contributed by atoms with Gasteiger partial charge in [-0.2, -0.15) is 11.8 Å². The lowest BCUT2D eigenvalue weighted by molar-refractivity contribution is -0.126. The number of thioether (sulfide) groups is 1. The summed E-state index contributed by atoms with van der Waals surface area (Å²) in [6.45, 7) is 3.99. The van der Waals surface area contributed by atoms with E-state index in [4.69, 9.17) is 0 Å². The number of nitrogens with one attached hydrogen (secondary N) is 2. The van der Waals surface area contributed by atoms with Crippen molar-refractivity contribution in [1.29, 1.82) is 0 Å². The Morgan fingerprint density at radius 3 is 2.81 bits per heavy atom. The zero-order valence-corrected chi connectivity index (χ0v) is 11.0. The van der Waals surface area contributed by atoms with E-state index in [0.717, 1.165) is 19.5 Å². The fourth-order valence-electron chi connectivity index (χ4n) is 2.82. The summed E-state index contributed by atoms with van der Waals surface area (Å²) in [6, 6.07) is 0.412. The van der Waals surface area contributed by atoms with Crippen LogP contribution in [0.3, 0.4) is 0 Å². The maximum Gasteiger partial charge on any atom is 0.224 e. The van der Waals surface area contributed by atoms with Crippen molar-refractivity contribution in [3.05, 3.63) is 0 Å². The van der Waals surface area contributed by atoms with Crippen LogP contribution >= 0.6 is 11.8 Å². The third kappa shape index (κ3) is 2.54. The Hall–Kier alpha value is -0.220. The van der Waals surface area contributed by atoms with Gasteiger partial charge in [0, 0.05) is 17.8 Å². The number of carbonyl (C=O) groups excluding carboxylic acids is 1. The largest absolute Gasteiger partial charge is 0.352 e. The van der Waals surface area contributed by atoms with E-state index in [1.807, 2.05) is 11.8 Å². The molecule has 0 aromatic heterocycles. The van der Waals surface area contributed by atoms with E-state index in [1.54, 1.807) is 0 Å². The summed E-state index contributed by atoms with van der Waals surface area (Å²) in [5.41, 5.74) is 0. The van der Waals surface area contributed by atoms with Gasteiger partial charge in [0.1, 0.15) is 0 Å². The van der Waals surface area contributed by atoms with Crippen LogP contribution in [0.2, 0.25) is 0 Å². The van der Waals surface area contributed by atoms with E-state index in [2.05, 4.69) is 23.8 Å². The molecule has 2 unspecified atom stereocenters. The van der Waals surface area contributed by atoms with Crippen LogP contribution < -0.4 is 10.6 Å². The SMILES string of the molecule is CSC1CCCC1NC(=O)[C@@H]1CNC[C@H]1C. The summed E-state index contributed by atoms with van der Waals surface area (Å²) in [4.78, 5) is 12.1. The molecule has 0 bridgehead atoms. The molecule has 4 atom stereocenters. The van der Waals surface area contributed by atoms with Crippen LogP contribution in [0, 0.1) is 11.8 Å². The Morgan fingerprint density at radius 2 is 2.19 bits per heavy atom. The molecule has 16 heavy (non-hydrogen) atoms. The van der Waals surface area contributed by atoms with Gasteiger partial charge in [-0.3, -0.25) is 4.79 Å². The lowest BCUT2D eigenvalue weighted by Crippen LogP contribution is -2.43. The summed E-state index contributed by atoms with van der Waals surface area (Å²) in [7, 11) is 0. The minimum atomic E-state index is 0.183. The molecule has 1 amide bonds. The van der Waals surface area contributed by atoms with Crippen molar-refractivity contribution in [2.45, 2.75) is 37.5 Å². The molecule has 1 heterocycles. The van der Waals surface area contributed by atoms with Crippen LogP contribution in [-0.2, 0) is 4.79 Å². The van der Waals surface area contributed by atoms with Crippen molar-refractivity contribution in [1.82, 2.24) is 10.6 Å². The molecule has 2 rings (SSSR count). The molecule has 4 heteroatoms. The first kappa shape index (κ1) is 12.2. The second kappa shape index (κ2) is 5.41. The molecule has 1 saturated carbocycles. The van der Waals surface area contributed by atoms with Gasteiger partial charge >= 0.3 is 0 Å². The molecular formula is C12H22N2OS. The Bertz CT molecular complexity index is 259. The summed E-state index contributed by atoms with van der Waals surface area (Å²) in [5.74, 6) is 0.931. The number of amides is 1. The summed E-state index contributed by atoms with van der Waals surface area (Å²) in [6.07, 6.45) is 5.82. The molecule has 1 aliphatic heterocycles. The average molecular weight is 242 g/mol. The molecule has 2 aliphatic rings. The van der Waals surface area contributed by atoms with Crippen molar-refractivity contribution in [3.8, 4) is 0 Å². The fourth-order valence-corrected chi connectivity index (χ4v) is 3.76. The average Bonchev–Trinajstić information content (AvgIpc) is 2.86. The topological polar surface area (TPSA) is 41.1 Å². The van der Waals surface area contributed by atoms with Gasteiger partial charge in [-0.25, -0.2) is 0 Å². The van der Waals surface area contributed by atoms with E-state index < -0.39 is 0 Å². The third-order valence-corrected chi connectivity index (χ3v) is 5.11. The van der Waals surface area contributed by atoms with Crippen LogP contribution in [0.1, 0.15) is 26.2 Å². The van der Waals surface area contributed by atoms with Gasteiger partial charge in [0.15, 0.2) is 0 Å². The number of rotatable bonds is 3. The minimum absolute atomic E-state index is 0.183. The number of hydrogen-bond acceptors (Lipinski definition) is 3. The first-order valence-electron chi connectivity index (χ1n) is 6.26. The molecule has 0 aromatic carbocycles. The summed E-state index contributed by atoms with van der Waals surface area (Å²) < 4.78 is 0. The summed E-state index contributed by atoms with van der Waals surface area (Å²) >= 11 is 1.90. The molecule has 1 saturated heterocycles. The highest BCUT2D eigenvalue weighted by Gasteiger charge is 2.33. The van der Waals surface area contributed by atoms with Gasteiger partial charge in [0.25, 0.3) is 0 Å². The molecule has 2 N–H and O–H groups in total. The van der Waals surface area contributed by atoms with Crippen LogP contribution in [-0.4, -0.2) is 36.5 Å². The quantitative estimate of drug-likeness (QED) is 0.782. The van der Waals surface area contributed by atoms with Gasteiger partial charge < -0.3 is 10.6 Å². The minimum Gasteiger partial charge on any atom is -0.352 e. The summed E-state index contributed by atoms with van der Waals surface area (Å²) in [5, 5.41) is 7.17. The Kier molecular flexibility index (Phi) is 4.14. The van der Waals surface area contributed by atoms with Crippen LogP contribution in [0.25, 0.3) is 0 Å². The standard InChI is InChI=1S/C12H22N2OS/c1-8-6-13-7-9(8)12(15)14-10-4-3-5-11(10)16-2/h8-11,13H,3-7H2,1-2H3,(H,14,15)/t8-,9-,10?,11?/m1/s1. The van der Waals surface area contributed by atoms with Crippen molar-refractivity contribution in [3.63, 3.8) is 0 Å². The molecule has 0 aromatic rings. The molecular weight excluding hydrogens is 220 g/mol. The van der Waals surface area contributed by atoms with E-state index in [0.29, 0.717) is 17.2 Å². The number of carbonyl (C=O) groups is 1. The van der Waals surface area contributed by atoms with E-state index in [1.165, 1.54) is 12.8 Å². The van der Waals surface area contributed by atoms with Crippen LogP contribution in [0.15, 0.2) is 0 Å². The van der Waals surface area contributed by atoms with Gasteiger partial charge in [0.2, 0.25) is 5.91 Å². The molecule has 0 radical (unpaired) electrons. The van der Waals surface area contributed by atoms with E-state index >= 15 is 0 Å². The number of hydrogen-bond donors (Lipinski definition) is 2. The van der Waals surface area contributed by atoms with Crippen LogP contribution in [0.4, 0.5) is 0 Å². The smallest absolute Gasteiger partial charge is 0.224 e. The lowest BCUT2D eigenvalue weighted by atomic mass is 9.97. The van der Waals surface area contributed by atoms with Crippen molar-refractivity contribution in [2.75, 3.05) is 19.3 Å². The van der Waals surface area contributed by atoms with Crippen LogP contribution in [0.5, 0.6) is 0 Å². The van der Waals surface area contributed by atoms with E-state index in [9.17, 15) is 4.79 Å². The maximum atomic E-state index is 12.1. The molecule has 2 fully saturated rings. The van der Waals surface area contributed by atoms with Gasteiger partial charge in [-0.05, 0) is 31.6 Å². The highest BCUT2D eigenvalue weighted by Crippen LogP contribution is 2.29. The van der Waals surface area contributed by atoms with E-state index in [-0.39, 0.29) is 11.8 Å². The van der Waals surface area contributed by atoms with Crippen molar-refractivity contribution >= 4 is 17.7 Å². The predicted octanol–water partition coefficient (Wildman–Crippen LogP) is 1.24. The molecule has 0 spiro atoms. The Morgan fingerprint density at radius 1 is 1.38 bits per heavy atom.